The van der Waals surface area contributed by atoms with Crippen LogP contribution in [0.25, 0.3) is 0 Å². The molecule has 124 valence electrons. The maximum absolute atomic E-state index is 11.4. The average Bonchev–Trinajstić information content (AvgIpc) is 2.81. The number of aromatic nitrogens is 1. The Morgan fingerprint density at radius 3 is 2.50 bits per heavy atom. The van der Waals surface area contributed by atoms with Crippen molar-refractivity contribution in [2.45, 2.75) is 30.3 Å². The van der Waals surface area contributed by atoms with Gasteiger partial charge in [-0.05, 0) is 24.5 Å². The number of hydrogen-bond donors (Lipinski definition) is 0. The third-order valence-electron chi connectivity index (χ3n) is 4.88. The first-order valence-corrected chi connectivity index (χ1v) is 9.82. The lowest BCUT2D eigenvalue weighted by Crippen LogP contribution is -2.51. The molecule has 3 rings (SSSR count). The molecule has 6 nitrogen and oxygen atoms in total. The maximum Gasteiger partial charge on any atom is 0.148 e. The Kier molecular flexibility index (Phi) is 4.16. The van der Waals surface area contributed by atoms with Crippen molar-refractivity contribution in [1.29, 1.82) is 10.5 Å². The molecule has 7 heteroatoms. The molecule has 2 aliphatic heterocycles. The first-order valence-electron chi connectivity index (χ1n) is 7.75. The summed E-state index contributed by atoms with van der Waals surface area (Å²) in [6, 6.07) is 6.32. The van der Waals surface area contributed by atoms with Crippen molar-refractivity contribution in [3.63, 3.8) is 0 Å². The van der Waals surface area contributed by atoms with Gasteiger partial charge in [-0.25, -0.2) is 8.42 Å². The molecule has 24 heavy (non-hydrogen) atoms. The van der Waals surface area contributed by atoms with Crippen LogP contribution in [0.3, 0.4) is 0 Å². The summed E-state index contributed by atoms with van der Waals surface area (Å²) in [6.07, 6.45) is 9.68. The van der Waals surface area contributed by atoms with Crippen LogP contribution < -0.4 is 0 Å². The zero-order valence-corrected chi connectivity index (χ0v) is 14.2. The fourth-order valence-electron chi connectivity index (χ4n) is 3.65. The van der Waals surface area contributed by atoms with E-state index < -0.39 is 15.3 Å². The number of rotatable bonds is 4. The molecule has 2 aliphatic rings. The van der Waals surface area contributed by atoms with Crippen molar-refractivity contribution in [2.24, 2.45) is 0 Å². The molecule has 1 fully saturated rings. The SMILES string of the molecule is CS(=O)(=O)CCN1C2C=C[C@@H]1CC(C#N)(c1cncc(C#N)c1)C2. The summed E-state index contributed by atoms with van der Waals surface area (Å²) in [4.78, 5) is 6.25. The minimum absolute atomic E-state index is 0.0379. The van der Waals surface area contributed by atoms with E-state index in [1.54, 1.807) is 12.3 Å². The predicted molar refractivity (Wildman–Crippen MR) is 88.6 cm³/mol. The molecular formula is C17H18N4O2S. The highest BCUT2D eigenvalue weighted by Gasteiger charge is 2.47. The number of fused-ring (bicyclic) bond motifs is 2. The Morgan fingerprint density at radius 2 is 1.96 bits per heavy atom. The van der Waals surface area contributed by atoms with Crippen molar-refractivity contribution >= 4 is 9.84 Å². The van der Waals surface area contributed by atoms with E-state index in [0.717, 1.165) is 5.56 Å². The molecule has 0 amide bonds. The largest absolute Gasteiger partial charge is 0.289 e. The van der Waals surface area contributed by atoms with Crippen molar-refractivity contribution in [2.75, 3.05) is 18.6 Å². The standard InChI is InChI=1S/C17H18N4O2S/c1-24(22,23)5-4-21-15-2-3-16(21)8-17(7-15,12-19)14-6-13(9-18)10-20-11-14/h2-3,6,10-11,15-16H,4-5,7-8H2,1H3/t15-,16?,17?/m1/s1. The van der Waals surface area contributed by atoms with Gasteiger partial charge in [0.2, 0.25) is 0 Å². The quantitative estimate of drug-likeness (QED) is 0.762. The number of piperidine rings is 1. The first-order chi connectivity index (χ1) is 11.4. The summed E-state index contributed by atoms with van der Waals surface area (Å²) in [5.41, 5.74) is 0.521. The van der Waals surface area contributed by atoms with Gasteiger partial charge >= 0.3 is 0 Å². The lowest BCUT2D eigenvalue weighted by Gasteiger charge is -2.43. The van der Waals surface area contributed by atoms with Gasteiger partial charge in [-0.3, -0.25) is 9.88 Å². The van der Waals surface area contributed by atoms with Gasteiger partial charge in [0.15, 0.2) is 0 Å². The molecule has 3 atom stereocenters. The summed E-state index contributed by atoms with van der Waals surface area (Å²) in [6.45, 7) is 0.471. The number of sulfone groups is 1. The molecule has 2 bridgehead atoms. The molecule has 0 saturated carbocycles. The van der Waals surface area contributed by atoms with Gasteiger partial charge in [-0.2, -0.15) is 10.5 Å². The summed E-state index contributed by atoms with van der Waals surface area (Å²) in [5, 5.41) is 18.9. The summed E-state index contributed by atoms with van der Waals surface area (Å²) in [5.74, 6) is 0.118. The third-order valence-corrected chi connectivity index (χ3v) is 5.80. The molecule has 1 aromatic rings. The molecular weight excluding hydrogens is 324 g/mol. The second kappa shape index (κ2) is 6.01. The smallest absolute Gasteiger partial charge is 0.148 e. The Bertz CT molecular complexity index is 847. The molecule has 1 aromatic heterocycles. The molecule has 0 spiro atoms. The highest BCUT2D eigenvalue weighted by atomic mass is 32.2. The molecule has 3 heterocycles. The lowest BCUT2D eigenvalue weighted by atomic mass is 9.71. The number of pyridine rings is 1. The van der Waals surface area contributed by atoms with Crippen LogP contribution in [0.2, 0.25) is 0 Å². The normalized spacial score (nSPS) is 29.1. The highest BCUT2D eigenvalue weighted by molar-refractivity contribution is 7.90. The Morgan fingerprint density at radius 1 is 1.29 bits per heavy atom. The Balaban J connectivity index is 1.85. The highest BCUT2D eigenvalue weighted by Crippen LogP contribution is 2.44. The van der Waals surface area contributed by atoms with Crippen LogP contribution in [0.15, 0.2) is 30.6 Å². The van der Waals surface area contributed by atoms with E-state index >= 15 is 0 Å². The van der Waals surface area contributed by atoms with Gasteiger partial charge in [0.25, 0.3) is 0 Å². The fourth-order valence-corrected chi connectivity index (χ4v) is 4.19. The van der Waals surface area contributed by atoms with E-state index in [1.807, 2.05) is 0 Å². The van der Waals surface area contributed by atoms with E-state index in [4.69, 9.17) is 5.26 Å². The van der Waals surface area contributed by atoms with Crippen LogP contribution in [0.4, 0.5) is 0 Å². The molecule has 0 radical (unpaired) electrons. The topological polar surface area (TPSA) is 97.8 Å². The average molecular weight is 342 g/mol. The monoisotopic (exact) mass is 342 g/mol. The minimum Gasteiger partial charge on any atom is -0.289 e. The van der Waals surface area contributed by atoms with Crippen molar-refractivity contribution in [3.05, 3.63) is 41.7 Å². The van der Waals surface area contributed by atoms with Gasteiger partial charge in [-0.1, -0.05) is 12.2 Å². The predicted octanol–water partition coefficient (Wildman–Crippen LogP) is 1.16. The Hall–Kier alpha value is -2.22. The van der Waals surface area contributed by atoms with Crippen LogP contribution in [0.5, 0.6) is 0 Å². The van der Waals surface area contributed by atoms with Crippen LogP contribution in [-0.4, -0.2) is 48.9 Å². The van der Waals surface area contributed by atoms with Crippen LogP contribution in [0.1, 0.15) is 24.0 Å². The number of nitriles is 2. The van der Waals surface area contributed by atoms with Gasteiger partial charge < -0.3 is 0 Å². The van der Waals surface area contributed by atoms with E-state index in [-0.39, 0.29) is 17.8 Å². The van der Waals surface area contributed by atoms with Gasteiger partial charge in [-0.15, -0.1) is 0 Å². The van der Waals surface area contributed by atoms with Crippen LogP contribution in [-0.2, 0) is 15.3 Å². The van der Waals surface area contributed by atoms with Crippen LogP contribution >= 0.6 is 0 Å². The minimum atomic E-state index is -3.02. The van der Waals surface area contributed by atoms with E-state index in [0.29, 0.717) is 24.9 Å². The van der Waals surface area contributed by atoms with E-state index in [2.05, 4.69) is 34.2 Å². The summed E-state index contributed by atoms with van der Waals surface area (Å²) < 4.78 is 22.9. The zero-order valence-electron chi connectivity index (χ0n) is 13.4. The molecule has 2 unspecified atom stereocenters. The van der Waals surface area contributed by atoms with Crippen molar-refractivity contribution in [1.82, 2.24) is 9.88 Å². The Labute approximate surface area is 141 Å². The number of hydrogen-bond acceptors (Lipinski definition) is 6. The first kappa shape index (κ1) is 16.6. The fraction of sp³-hybridized carbons (Fsp3) is 0.471. The lowest BCUT2D eigenvalue weighted by molar-refractivity contribution is 0.126. The van der Waals surface area contributed by atoms with Crippen molar-refractivity contribution < 1.29 is 8.42 Å². The van der Waals surface area contributed by atoms with Crippen molar-refractivity contribution in [3.8, 4) is 12.1 Å². The van der Waals surface area contributed by atoms with Gasteiger partial charge in [0.05, 0.1) is 22.8 Å². The van der Waals surface area contributed by atoms with E-state index in [9.17, 15) is 13.7 Å². The van der Waals surface area contributed by atoms with E-state index in [1.165, 1.54) is 12.5 Å². The third kappa shape index (κ3) is 3.06. The molecule has 0 aromatic carbocycles. The van der Waals surface area contributed by atoms with Crippen LogP contribution in [0, 0.1) is 22.7 Å². The maximum atomic E-state index is 11.4. The molecule has 0 aliphatic carbocycles. The second-order valence-corrected chi connectivity index (χ2v) is 8.82. The summed E-state index contributed by atoms with van der Waals surface area (Å²) in [7, 11) is -3.02. The second-order valence-electron chi connectivity index (χ2n) is 6.56. The zero-order chi connectivity index (χ0) is 17.4. The van der Waals surface area contributed by atoms with Gasteiger partial charge in [0, 0.05) is 37.3 Å². The molecule has 0 N–H and O–H groups in total. The summed E-state index contributed by atoms with van der Waals surface area (Å²) >= 11 is 0. The van der Waals surface area contributed by atoms with Gasteiger partial charge in [0.1, 0.15) is 15.9 Å². The molecule has 1 saturated heterocycles. The number of nitrogens with zero attached hydrogens (tertiary/aromatic N) is 4.